The predicted molar refractivity (Wildman–Crippen MR) is 95.8 cm³/mol. The Balaban J connectivity index is 1.22. The average Bonchev–Trinajstić information content (AvgIpc) is 2.52. The summed E-state index contributed by atoms with van der Waals surface area (Å²) in [6, 6.07) is 0. The third kappa shape index (κ3) is 2.21. The number of Topliss-reactive ketones (excluding diaryl/α,β-unsaturated/α-hetero) is 2. The van der Waals surface area contributed by atoms with Gasteiger partial charge in [0.1, 0.15) is 11.6 Å². The first-order chi connectivity index (χ1) is 12.0. The zero-order valence-corrected chi connectivity index (χ0v) is 15.5. The summed E-state index contributed by atoms with van der Waals surface area (Å²) < 4.78 is 0. The van der Waals surface area contributed by atoms with Crippen LogP contribution in [0.15, 0.2) is 0 Å². The number of carbonyl (C=O) groups is 2. The first-order valence-corrected chi connectivity index (χ1v) is 11.1. The largest absolute Gasteiger partial charge is 0.299 e. The van der Waals surface area contributed by atoms with Gasteiger partial charge >= 0.3 is 0 Å². The molecule has 8 rings (SSSR count). The van der Waals surface area contributed by atoms with E-state index in [-0.39, 0.29) is 17.3 Å². The lowest BCUT2D eigenvalue weighted by Gasteiger charge is -2.57. The van der Waals surface area contributed by atoms with E-state index in [0.717, 1.165) is 74.0 Å². The smallest absolute Gasteiger partial charge is 0.146 e. The van der Waals surface area contributed by atoms with Crippen LogP contribution >= 0.6 is 0 Å². The predicted octanol–water partition coefficient (Wildman–Crippen LogP) is 4.95. The van der Waals surface area contributed by atoms with Gasteiger partial charge in [-0.05, 0) is 113 Å². The molecule has 0 heterocycles. The first-order valence-electron chi connectivity index (χ1n) is 11.1. The molecule has 8 aliphatic rings. The van der Waals surface area contributed by atoms with Crippen LogP contribution in [0.2, 0.25) is 0 Å². The third-order valence-corrected chi connectivity index (χ3v) is 9.58. The standard InChI is InChI=1S/C23H32O2/c24-20(22-8-14-1-15(9-22)3-16(2-14)10-22)7-21(25)23-11-17-4-18(12-23)6-19(5-17)13-23/h14-19H,1-13H2. The molecule has 0 spiro atoms. The fourth-order valence-corrected chi connectivity index (χ4v) is 9.43. The summed E-state index contributed by atoms with van der Waals surface area (Å²) in [5.74, 6) is 5.51. The maximum atomic E-state index is 13.4. The summed E-state index contributed by atoms with van der Waals surface area (Å²) in [6.45, 7) is 0. The molecule has 0 aliphatic heterocycles. The van der Waals surface area contributed by atoms with Gasteiger partial charge in [-0.1, -0.05) is 0 Å². The monoisotopic (exact) mass is 340 g/mol. The second-order valence-electron chi connectivity index (χ2n) is 11.4. The van der Waals surface area contributed by atoms with E-state index < -0.39 is 0 Å². The molecule has 8 aliphatic carbocycles. The first kappa shape index (κ1) is 15.4. The molecule has 0 aromatic carbocycles. The van der Waals surface area contributed by atoms with Gasteiger partial charge < -0.3 is 0 Å². The van der Waals surface area contributed by atoms with Gasteiger partial charge in [-0.2, -0.15) is 0 Å². The highest BCUT2D eigenvalue weighted by Gasteiger charge is 2.57. The Morgan fingerprint density at radius 2 is 0.760 bits per heavy atom. The summed E-state index contributed by atoms with van der Waals surface area (Å²) in [6.07, 6.45) is 15.2. The van der Waals surface area contributed by atoms with Crippen molar-refractivity contribution in [3.63, 3.8) is 0 Å². The highest BCUT2D eigenvalue weighted by molar-refractivity contribution is 6.04. The van der Waals surface area contributed by atoms with E-state index in [4.69, 9.17) is 0 Å². The van der Waals surface area contributed by atoms with Gasteiger partial charge in [-0.15, -0.1) is 0 Å². The zero-order chi connectivity index (χ0) is 16.8. The molecule has 0 aromatic rings. The van der Waals surface area contributed by atoms with Crippen molar-refractivity contribution in [3.8, 4) is 0 Å². The van der Waals surface area contributed by atoms with Crippen LogP contribution in [0.1, 0.15) is 83.5 Å². The molecule has 0 unspecified atom stereocenters. The maximum Gasteiger partial charge on any atom is 0.146 e. The van der Waals surface area contributed by atoms with E-state index in [1.807, 2.05) is 0 Å². The van der Waals surface area contributed by atoms with E-state index >= 15 is 0 Å². The van der Waals surface area contributed by atoms with Crippen LogP contribution in [0.5, 0.6) is 0 Å². The van der Waals surface area contributed by atoms with Crippen LogP contribution in [0.25, 0.3) is 0 Å². The van der Waals surface area contributed by atoms with Gasteiger partial charge in [-0.25, -0.2) is 0 Å². The Morgan fingerprint density at radius 1 is 0.520 bits per heavy atom. The van der Waals surface area contributed by atoms with Crippen LogP contribution in [0, 0.1) is 46.3 Å². The summed E-state index contributed by atoms with van der Waals surface area (Å²) in [5.41, 5.74) is -0.153. The Labute approximate surface area is 151 Å². The number of ketones is 2. The molecule has 8 saturated carbocycles. The summed E-state index contributed by atoms with van der Waals surface area (Å²) in [4.78, 5) is 26.8. The number of hydrogen-bond donors (Lipinski definition) is 0. The minimum absolute atomic E-state index is 0.0767. The van der Waals surface area contributed by atoms with Crippen LogP contribution in [0.4, 0.5) is 0 Å². The highest BCUT2D eigenvalue weighted by atomic mass is 16.2. The lowest BCUT2D eigenvalue weighted by atomic mass is 9.46. The number of rotatable bonds is 4. The lowest BCUT2D eigenvalue weighted by molar-refractivity contribution is -0.153. The van der Waals surface area contributed by atoms with Gasteiger partial charge in [0, 0.05) is 10.8 Å². The fourth-order valence-electron chi connectivity index (χ4n) is 9.43. The second kappa shape index (κ2) is 4.98. The van der Waals surface area contributed by atoms with Crippen LogP contribution < -0.4 is 0 Å². The van der Waals surface area contributed by atoms with Gasteiger partial charge in [-0.3, -0.25) is 9.59 Å². The zero-order valence-electron chi connectivity index (χ0n) is 15.5. The molecule has 2 heteroatoms. The van der Waals surface area contributed by atoms with E-state index in [2.05, 4.69) is 0 Å². The van der Waals surface area contributed by atoms with Gasteiger partial charge in [0.15, 0.2) is 0 Å². The van der Waals surface area contributed by atoms with E-state index in [9.17, 15) is 9.59 Å². The van der Waals surface area contributed by atoms with Gasteiger partial charge in [0.2, 0.25) is 0 Å². The Kier molecular flexibility index (Phi) is 3.07. The Morgan fingerprint density at radius 3 is 1.00 bits per heavy atom. The second-order valence-corrected chi connectivity index (χ2v) is 11.4. The van der Waals surface area contributed by atoms with Crippen molar-refractivity contribution in [2.45, 2.75) is 83.5 Å². The summed E-state index contributed by atoms with van der Waals surface area (Å²) in [5, 5.41) is 0. The van der Waals surface area contributed by atoms with Crippen LogP contribution in [0.3, 0.4) is 0 Å². The minimum Gasteiger partial charge on any atom is -0.299 e. The lowest BCUT2D eigenvalue weighted by Crippen LogP contribution is -2.53. The molecule has 136 valence electrons. The molecule has 25 heavy (non-hydrogen) atoms. The number of carbonyl (C=O) groups excluding carboxylic acids is 2. The van der Waals surface area contributed by atoms with Crippen molar-refractivity contribution in [3.05, 3.63) is 0 Å². The van der Waals surface area contributed by atoms with Crippen molar-refractivity contribution in [2.75, 3.05) is 0 Å². The fraction of sp³-hybridized carbons (Fsp3) is 0.913. The number of hydrogen-bond acceptors (Lipinski definition) is 2. The third-order valence-electron chi connectivity index (χ3n) is 9.58. The van der Waals surface area contributed by atoms with E-state index in [1.165, 1.54) is 38.5 Å². The quantitative estimate of drug-likeness (QED) is 0.679. The van der Waals surface area contributed by atoms with E-state index in [1.54, 1.807) is 0 Å². The molecule has 0 atom stereocenters. The maximum absolute atomic E-state index is 13.4. The molecule has 0 aromatic heterocycles. The average molecular weight is 341 g/mol. The normalized spacial score (nSPS) is 54.9. The van der Waals surface area contributed by atoms with Crippen LogP contribution in [-0.2, 0) is 9.59 Å². The van der Waals surface area contributed by atoms with Crippen LogP contribution in [-0.4, -0.2) is 11.6 Å². The van der Waals surface area contributed by atoms with Crippen molar-refractivity contribution >= 4 is 11.6 Å². The molecular weight excluding hydrogens is 308 g/mol. The molecule has 8 fully saturated rings. The van der Waals surface area contributed by atoms with Gasteiger partial charge in [0.25, 0.3) is 0 Å². The van der Waals surface area contributed by atoms with Gasteiger partial charge in [0.05, 0.1) is 6.42 Å². The summed E-state index contributed by atoms with van der Waals surface area (Å²) in [7, 11) is 0. The van der Waals surface area contributed by atoms with Crippen molar-refractivity contribution in [1.82, 2.24) is 0 Å². The molecular formula is C23H32O2. The topological polar surface area (TPSA) is 34.1 Å². The van der Waals surface area contributed by atoms with Crippen molar-refractivity contribution in [1.29, 1.82) is 0 Å². The molecule has 2 nitrogen and oxygen atoms in total. The Bertz CT molecular complexity index is 505. The van der Waals surface area contributed by atoms with Crippen molar-refractivity contribution < 1.29 is 9.59 Å². The molecule has 0 N–H and O–H groups in total. The molecule has 0 saturated heterocycles. The Hall–Kier alpha value is -0.660. The summed E-state index contributed by atoms with van der Waals surface area (Å²) >= 11 is 0. The molecule has 8 bridgehead atoms. The molecule has 0 amide bonds. The minimum atomic E-state index is -0.0767. The SMILES string of the molecule is O=C(CC(=O)C12CC3CC(CC(C3)C1)C2)C12CC3CC(CC(C3)C1)C2. The molecule has 0 radical (unpaired) electrons. The highest BCUT2D eigenvalue weighted by Crippen LogP contribution is 2.63. The van der Waals surface area contributed by atoms with E-state index in [0.29, 0.717) is 11.6 Å². The van der Waals surface area contributed by atoms with Crippen molar-refractivity contribution in [2.24, 2.45) is 46.3 Å².